The highest BCUT2D eigenvalue weighted by Gasteiger charge is 2.13. The largest absolute Gasteiger partial charge is 0.493 e. The van der Waals surface area contributed by atoms with Crippen molar-refractivity contribution in [2.75, 3.05) is 19.5 Å². The molecule has 0 saturated heterocycles. The van der Waals surface area contributed by atoms with E-state index < -0.39 is 0 Å². The van der Waals surface area contributed by atoms with Crippen molar-refractivity contribution in [3.8, 4) is 5.75 Å². The summed E-state index contributed by atoms with van der Waals surface area (Å²) in [6, 6.07) is 10.9. The van der Waals surface area contributed by atoms with Crippen LogP contribution >= 0.6 is 0 Å². The molecule has 7 heteroatoms. The summed E-state index contributed by atoms with van der Waals surface area (Å²) in [4.78, 5) is 16.5. The van der Waals surface area contributed by atoms with E-state index >= 15 is 0 Å². The average molecular weight is 369 g/mol. The normalized spacial score (nSPS) is 10.9. The highest BCUT2D eigenvalue weighted by molar-refractivity contribution is 5.98. The third-order valence-corrected chi connectivity index (χ3v) is 3.96. The molecule has 0 aliphatic rings. The number of nitrogens with two attached hydrogens (primary N) is 1. The van der Waals surface area contributed by atoms with Gasteiger partial charge in [-0.3, -0.25) is 4.79 Å². The number of carbonyl (C=O) groups excluding carboxylic acids is 1. The number of rotatable bonds is 8. The second-order valence-electron chi connectivity index (χ2n) is 6.11. The van der Waals surface area contributed by atoms with E-state index in [-0.39, 0.29) is 18.3 Å². The molecule has 2 heterocycles. The number of carbonyl (C=O) groups is 1. The van der Waals surface area contributed by atoms with Gasteiger partial charge in [0.15, 0.2) is 0 Å². The highest BCUT2D eigenvalue weighted by Crippen LogP contribution is 2.24. The number of hydrogen-bond donors (Lipinski definition) is 2. The van der Waals surface area contributed by atoms with Crippen LogP contribution in [0.25, 0.3) is 11.0 Å². The number of nitrogens with one attached hydrogen (secondary N) is 1. The fraction of sp³-hybridized carbons (Fsp3) is 0.300. The van der Waals surface area contributed by atoms with Gasteiger partial charge in [-0.05, 0) is 36.8 Å². The van der Waals surface area contributed by atoms with E-state index in [1.54, 1.807) is 19.2 Å². The van der Waals surface area contributed by atoms with Crippen LogP contribution in [-0.2, 0) is 17.9 Å². The van der Waals surface area contributed by atoms with Crippen LogP contribution < -0.4 is 15.8 Å². The fourth-order valence-corrected chi connectivity index (χ4v) is 2.66. The van der Waals surface area contributed by atoms with Crippen LogP contribution in [0.3, 0.4) is 0 Å². The molecular formula is C20H23N3O4. The SMILES string of the molecule is CCCOc1ccc2cc(CNC(=O)c3ccc(COC)nc3N)oc2c1. The second kappa shape index (κ2) is 8.55. The molecule has 0 bridgehead atoms. The fourth-order valence-electron chi connectivity index (χ4n) is 2.66. The summed E-state index contributed by atoms with van der Waals surface area (Å²) in [5, 5.41) is 3.75. The molecule has 3 N–H and O–H groups in total. The van der Waals surface area contributed by atoms with Crippen LogP contribution in [0.2, 0.25) is 0 Å². The third kappa shape index (κ3) is 4.57. The molecule has 0 spiro atoms. The molecule has 1 aromatic carbocycles. The van der Waals surface area contributed by atoms with E-state index in [0.717, 1.165) is 23.1 Å². The Bertz CT molecular complexity index is 936. The van der Waals surface area contributed by atoms with E-state index in [2.05, 4.69) is 17.2 Å². The maximum atomic E-state index is 12.4. The first kappa shape index (κ1) is 18.7. The van der Waals surface area contributed by atoms with Gasteiger partial charge in [0.05, 0.1) is 31.0 Å². The molecule has 2 aromatic heterocycles. The van der Waals surface area contributed by atoms with Crippen LogP contribution in [0.5, 0.6) is 5.75 Å². The van der Waals surface area contributed by atoms with E-state index in [1.807, 2.05) is 24.3 Å². The quantitative estimate of drug-likeness (QED) is 0.632. The number of nitrogen functional groups attached to an aromatic ring is 1. The molecule has 0 atom stereocenters. The minimum atomic E-state index is -0.309. The summed E-state index contributed by atoms with van der Waals surface area (Å²) in [6.45, 7) is 3.31. The number of pyridine rings is 1. The summed E-state index contributed by atoms with van der Waals surface area (Å²) < 4.78 is 16.4. The van der Waals surface area contributed by atoms with E-state index in [0.29, 0.717) is 30.2 Å². The number of hydrogen-bond acceptors (Lipinski definition) is 6. The first-order valence-electron chi connectivity index (χ1n) is 8.78. The lowest BCUT2D eigenvalue weighted by Gasteiger charge is -2.07. The molecule has 0 unspecified atom stereocenters. The Morgan fingerprint density at radius 2 is 2.11 bits per heavy atom. The lowest BCUT2D eigenvalue weighted by atomic mass is 10.2. The Labute approximate surface area is 157 Å². The second-order valence-corrected chi connectivity index (χ2v) is 6.11. The molecule has 0 aliphatic heterocycles. The third-order valence-electron chi connectivity index (χ3n) is 3.96. The number of nitrogens with zero attached hydrogens (tertiary/aromatic N) is 1. The first-order valence-corrected chi connectivity index (χ1v) is 8.78. The predicted octanol–water partition coefficient (Wildman–Crippen LogP) is 3.28. The van der Waals surface area contributed by atoms with Gasteiger partial charge in [0.25, 0.3) is 5.91 Å². The minimum absolute atomic E-state index is 0.171. The molecule has 3 rings (SSSR count). The van der Waals surface area contributed by atoms with Gasteiger partial charge in [-0.2, -0.15) is 0 Å². The highest BCUT2D eigenvalue weighted by atomic mass is 16.5. The maximum Gasteiger partial charge on any atom is 0.255 e. The zero-order valence-electron chi connectivity index (χ0n) is 15.5. The van der Waals surface area contributed by atoms with Crippen molar-refractivity contribution in [3.63, 3.8) is 0 Å². The molecule has 0 saturated carbocycles. The van der Waals surface area contributed by atoms with Crippen LogP contribution in [0.1, 0.15) is 35.2 Å². The molecule has 142 valence electrons. The lowest BCUT2D eigenvalue weighted by Crippen LogP contribution is -2.24. The first-order chi connectivity index (χ1) is 13.1. The maximum absolute atomic E-state index is 12.4. The van der Waals surface area contributed by atoms with Crippen LogP contribution in [0, 0.1) is 0 Å². The summed E-state index contributed by atoms with van der Waals surface area (Å²) in [7, 11) is 1.57. The molecule has 1 amide bonds. The number of aromatic nitrogens is 1. The Kier molecular flexibility index (Phi) is 5.93. The van der Waals surface area contributed by atoms with Gasteiger partial charge in [0.1, 0.15) is 22.9 Å². The molecule has 0 fully saturated rings. The van der Waals surface area contributed by atoms with Gasteiger partial charge < -0.3 is 24.9 Å². The number of benzene rings is 1. The van der Waals surface area contributed by atoms with Gasteiger partial charge >= 0.3 is 0 Å². The van der Waals surface area contributed by atoms with Gasteiger partial charge in [-0.15, -0.1) is 0 Å². The van der Waals surface area contributed by atoms with Crippen molar-refractivity contribution >= 4 is 22.7 Å². The number of anilines is 1. The van der Waals surface area contributed by atoms with Crippen molar-refractivity contribution in [2.45, 2.75) is 26.5 Å². The predicted molar refractivity (Wildman–Crippen MR) is 103 cm³/mol. The molecule has 3 aromatic rings. The van der Waals surface area contributed by atoms with E-state index in [4.69, 9.17) is 19.6 Å². The molecule has 27 heavy (non-hydrogen) atoms. The number of methoxy groups -OCH3 is 1. The zero-order valence-corrected chi connectivity index (χ0v) is 15.5. The summed E-state index contributed by atoms with van der Waals surface area (Å²) in [6.07, 6.45) is 0.942. The van der Waals surface area contributed by atoms with Gasteiger partial charge in [0.2, 0.25) is 0 Å². The number of furan rings is 1. The summed E-state index contributed by atoms with van der Waals surface area (Å²) in [5.41, 5.74) is 7.59. The monoisotopic (exact) mass is 369 g/mol. The molecule has 7 nitrogen and oxygen atoms in total. The number of fused-ring (bicyclic) bond motifs is 1. The number of amides is 1. The Balaban J connectivity index is 1.66. The van der Waals surface area contributed by atoms with Crippen LogP contribution in [-0.4, -0.2) is 24.6 Å². The minimum Gasteiger partial charge on any atom is -0.493 e. The molecule has 0 aliphatic carbocycles. The number of ether oxygens (including phenoxy) is 2. The van der Waals surface area contributed by atoms with E-state index in [9.17, 15) is 4.79 Å². The van der Waals surface area contributed by atoms with Gasteiger partial charge in [-0.1, -0.05) is 6.92 Å². The van der Waals surface area contributed by atoms with Gasteiger partial charge in [0, 0.05) is 18.6 Å². The lowest BCUT2D eigenvalue weighted by molar-refractivity contribution is 0.0948. The summed E-state index contributed by atoms with van der Waals surface area (Å²) in [5.74, 6) is 1.28. The zero-order chi connectivity index (χ0) is 19.2. The van der Waals surface area contributed by atoms with Crippen molar-refractivity contribution < 1.29 is 18.7 Å². The Morgan fingerprint density at radius 1 is 1.26 bits per heavy atom. The molecule has 0 radical (unpaired) electrons. The topological polar surface area (TPSA) is 99.6 Å². The van der Waals surface area contributed by atoms with E-state index in [1.165, 1.54) is 0 Å². The van der Waals surface area contributed by atoms with Crippen molar-refractivity contribution in [2.24, 2.45) is 0 Å². The Hall–Kier alpha value is -3.06. The average Bonchev–Trinajstić information content (AvgIpc) is 3.07. The standard InChI is InChI=1S/C20H23N3O4/c1-3-8-26-15-6-4-13-9-16(27-18(13)10-15)11-22-20(24)17-7-5-14(12-25-2)23-19(17)21/h4-7,9-10H,3,8,11-12H2,1-2H3,(H2,21,23)(H,22,24). The van der Waals surface area contributed by atoms with Crippen LogP contribution in [0.4, 0.5) is 5.82 Å². The smallest absolute Gasteiger partial charge is 0.255 e. The van der Waals surface area contributed by atoms with Crippen molar-refractivity contribution in [3.05, 3.63) is 53.4 Å². The Morgan fingerprint density at radius 3 is 2.85 bits per heavy atom. The van der Waals surface area contributed by atoms with Crippen molar-refractivity contribution in [1.82, 2.24) is 10.3 Å². The van der Waals surface area contributed by atoms with Crippen molar-refractivity contribution in [1.29, 1.82) is 0 Å². The van der Waals surface area contributed by atoms with Crippen LogP contribution in [0.15, 0.2) is 40.8 Å². The molecular weight excluding hydrogens is 346 g/mol. The summed E-state index contributed by atoms with van der Waals surface area (Å²) >= 11 is 0. The van der Waals surface area contributed by atoms with Gasteiger partial charge in [-0.25, -0.2) is 4.98 Å².